The van der Waals surface area contributed by atoms with E-state index in [0.29, 0.717) is 11.3 Å². The number of benzene rings is 1. The van der Waals surface area contributed by atoms with E-state index in [9.17, 15) is 8.78 Å². The van der Waals surface area contributed by atoms with Gasteiger partial charge in [0.2, 0.25) is 0 Å². The molecule has 0 aliphatic heterocycles. The van der Waals surface area contributed by atoms with Crippen molar-refractivity contribution in [2.24, 2.45) is 5.92 Å². The first-order chi connectivity index (χ1) is 10.9. The Hall–Kier alpha value is -1.23. The van der Waals surface area contributed by atoms with E-state index in [1.807, 2.05) is 13.8 Å². The van der Waals surface area contributed by atoms with Gasteiger partial charge in [0.15, 0.2) is 0 Å². The van der Waals surface area contributed by atoms with Gasteiger partial charge in [0.05, 0.1) is 0 Å². The van der Waals surface area contributed by atoms with Gasteiger partial charge >= 0.3 is 136 Å². The van der Waals surface area contributed by atoms with Crippen LogP contribution in [0.25, 0.3) is 11.3 Å². The van der Waals surface area contributed by atoms with Gasteiger partial charge in [0.25, 0.3) is 0 Å². The molecule has 0 saturated carbocycles. The maximum absolute atomic E-state index is 14.1. The van der Waals surface area contributed by atoms with Crippen molar-refractivity contribution in [1.82, 2.24) is 4.98 Å². The fourth-order valence-corrected chi connectivity index (χ4v) is 5.27. The molecule has 1 aromatic carbocycles. The molecule has 0 N–H and O–H groups in total. The van der Waals surface area contributed by atoms with Gasteiger partial charge < -0.3 is 0 Å². The van der Waals surface area contributed by atoms with Crippen molar-refractivity contribution in [3.63, 3.8) is 0 Å². The van der Waals surface area contributed by atoms with Gasteiger partial charge in [0, 0.05) is 0 Å². The number of nitrogens with zero attached hydrogens (tertiary/aromatic N) is 1. The number of halogens is 2. The molecule has 0 spiro atoms. The summed E-state index contributed by atoms with van der Waals surface area (Å²) in [4.78, 5) is 4.36. The second-order valence-electron chi connectivity index (χ2n) is 6.79. The van der Waals surface area contributed by atoms with Crippen LogP contribution in [-0.4, -0.2) is 18.3 Å². The molecule has 2 aromatic rings. The van der Waals surface area contributed by atoms with E-state index in [4.69, 9.17) is 2.74 Å². The maximum atomic E-state index is 14.1. The van der Waals surface area contributed by atoms with Gasteiger partial charge in [-0.1, -0.05) is 0 Å². The molecule has 0 amide bonds. The minimum absolute atomic E-state index is 0.185. The standard InChI is InChI=1S/C18H23F2GeN/c1-12(2)8-13-9-18(22-11-17(13)21(3,4)5)15-7-6-14(19)10-16(15)20/h6-7,9-12H,8H2,1-5H3/i8D2. The van der Waals surface area contributed by atoms with Crippen LogP contribution >= 0.6 is 0 Å². The number of pyridine rings is 1. The monoisotopic (exact) mass is 367 g/mol. The summed E-state index contributed by atoms with van der Waals surface area (Å²) in [7, 11) is 0. The average molecular weight is 366 g/mol. The van der Waals surface area contributed by atoms with Gasteiger partial charge in [-0.05, 0) is 0 Å². The normalized spacial score (nSPS) is 14.0. The van der Waals surface area contributed by atoms with E-state index in [1.54, 1.807) is 12.3 Å². The predicted molar refractivity (Wildman–Crippen MR) is 91.1 cm³/mol. The van der Waals surface area contributed by atoms with Crippen LogP contribution in [-0.2, 0) is 6.37 Å². The zero-order valence-corrected chi connectivity index (χ0v) is 15.8. The average Bonchev–Trinajstić information content (AvgIpc) is 2.45. The number of hydrogen-bond acceptors (Lipinski definition) is 1. The number of aromatic nitrogens is 1. The summed E-state index contributed by atoms with van der Waals surface area (Å²) in [6.07, 6.45) is 0.149. The summed E-state index contributed by atoms with van der Waals surface area (Å²) in [6.45, 7) is 3.66. The van der Waals surface area contributed by atoms with Crippen molar-refractivity contribution in [2.45, 2.75) is 37.5 Å². The molecule has 1 nitrogen and oxygen atoms in total. The Kier molecular flexibility index (Phi) is 4.24. The van der Waals surface area contributed by atoms with Crippen LogP contribution in [0.4, 0.5) is 8.78 Å². The molecule has 2 rings (SSSR count). The molecule has 0 radical (unpaired) electrons. The van der Waals surface area contributed by atoms with Crippen molar-refractivity contribution in [3.05, 3.63) is 47.7 Å². The molecule has 0 aliphatic carbocycles. The van der Waals surface area contributed by atoms with Gasteiger partial charge in [-0.25, -0.2) is 0 Å². The van der Waals surface area contributed by atoms with Crippen molar-refractivity contribution in [3.8, 4) is 11.3 Å². The Morgan fingerprint density at radius 3 is 2.41 bits per heavy atom. The third-order valence-electron chi connectivity index (χ3n) is 3.36. The molecule has 0 saturated heterocycles. The Labute approximate surface area is 137 Å². The Morgan fingerprint density at radius 1 is 1.18 bits per heavy atom. The van der Waals surface area contributed by atoms with Crippen LogP contribution in [0.5, 0.6) is 0 Å². The quantitative estimate of drug-likeness (QED) is 0.711. The SMILES string of the molecule is [2H]C([2H])(c1cc(-c2ccc(F)cc2F)nc[c]1[Ge]([CH3])([CH3])[CH3])C(C)C. The summed E-state index contributed by atoms with van der Waals surface area (Å²) in [5.41, 5.74) is 1.10. The summed E-state index contributed by atoms with van der Waals surface area (Å²) >= 11 is -2.37. The van der Waals surface area contributed by atoms with Crippen LogP contribution in [0, 0.1) is 17.6 Å². The Bertz CT molecular complexity index is 755. The number of hydrogen-bond donors (Lipinski definition) is 0. The van der Waals surface area contributed by atoms with Crippen molar-refractivity contribution in [1.29, 1.82) is 0 Å². The molecule has 22 heavy (non-hydrogen) atoms. The third kappa shape index (κ3) is 3.94. The predicted octanol–water partition coefficient (Wildman–Crippen LogP) is 4.77. The molecule has 0 bridgehead atoms. The molecule has 1 aromatic heterocycles. The molecule has 4 heteroatoms. The molecule has 0 atom stereocenters. The minimum atomic E-state index is -2.37. The van der Waals surface area contributed by atoms with Gasteiger partial charge in [-0.15, -0.1) is 0 Å². The molecular formula is C18H23F2GeN. The van der Waals surface area contributed by atoms with E-state index in [2.05, 4.69) is 22.3 Å². The van der Waals surface area contributed by atoms with Gasteiger partial charge in [-0.2, -0.15) is 0 Å². The van der Waals surface area contributed by atoms with Gasteiger partial charge in [0.1, 0.15) is 0 Å². The van der Waals surface area contributed by atoms with E-state index >= 15 is 0 Å². The van der Waals surface area contributed by atoms with E-state index < -0.39 is 31.3 Å². The molecular weight excluding hydrogens is 341 g/mol. The number of rotatable bonds is 4. The van der Waals surface area contributed by atoms with Crippen LogP contribution in [0.3, 0.4) is 0 Å². The van der Waals surface area contributed by atoms with E-state index in [-0.39, 0.29) is 11.5 Å². The molecule has 0 fully saturated rings. The molecule has 0 aliphatic rings. The molecule has 118 valence electrons. The first-order valence-corrected chi connectivity index (χ1v) is 14.8. The van der Waals surface area contributed by atoms with Crippen LogP contribution in [0.2, 0.25) is 17.3 Å². The van der Waals surface area contributed by atoms with Crippen molar-refractivity contribution in [2.75, 3.05) is 0 Å². The summed E-state index contributed by atoms with van der Waals surface area (Å²) in [6, 6.07) is 5.00. The summed E-state index contributed by atoms with van der Waals surface area (Å²) in [5, 5.41) is 0. The molecule has 0 unspecified atom stereocenters. The van der Waals surface area contributed by atoms with E-state index in [1.165, 1.54) is 12.1 Å². The van der Waals surface area contributed by atoms with Crippen LogP contribution < -0.4 is 4.40 Å². The van der Waals surface area contributed by atoms with E-state index in [0.717, 1.165) is 10.5 Å². The van der Waals surface area contributed by atoms with Crippen LogP contribution in [0.1, 0.15) is 22.2 Å². The van der Waals surface area contributed by atoms with Gasteiger partial charge in [-0.3, -0.25) is 0 Å². The van der Waals surface area contributed by atoms with Crippen LogP contribution in [0.15, 0.2) is 30.5 Å². The Morgan fingerprint density at radius 2 is 1.86 bits per heavy atom. The van der Waals surface area contributed by atoms with Crippen molar-refractivity contribution < 1.29 is 11.5 Å². The summed E-state index contributed by atoms with van der Waals surface area (Å²) in [5.74, 6) is 4.97. The second kappa shape index (κ2) is 6.49. The topological polar surface area (TPSA) is 12.9 Å². The second-order valence-corrected chi connectivity index (χ2v) is 17.4. The first kappa shape index (κ1) is 14.4. The first-order valence-electron chi connectivity index (χ1n) is 8.41. The third-order valence-corrected chi connectivity index (χ3v) is 7.59. The fourth-order valence-electron chi connectivity index (χ4n) is 2.33. The zero-order chi connectivity index (χ0) is 18.3. The zero-order valence-electron chi connectivity index (χ0n) is 15.7. The summed E-state index contributed by atoms with van der Waals surface area (Å²) < 4.78 is 45.2. The fraction of sp³-hybridized carbons (Fsp3) is 0.389. The molecule has 1 heterocycles. The van der Waals surface area contributed by atoms with Crippen molar-refractivity contribution >= 4 is 17.7 Å². The Balaban J connectivity index is 2.71.